The van der Waals surface area contributed by atoms with Gasteiger partial charge in [-0.05, 0) is 35.7 Å². The molecule has 1 N–H and O–H groups in total. The molecule has 118 valence electrons. The molecule has 0 radical (unpaired) electrons. The van der Waals surface area contributed by atoms with Gasteiger partial charge in [-0.2, -0.15) is 0 Å². The van der Waals surface area contributed by atoms with Crippen molar-refractivity contribution in [3.8, 4) is 0 Å². The maximum Gasteiger partial charge on any atom is 0.335 e. The molecule has 1 aromatic heterocycles. The average molecular weight is 312 g/mol. The lowest BCUT2D eigenvalue weighted by Crippen LogP contribution is -2.38. The number of aromatic nitrogens is 1. The number of amides is 1. The minimum absolute atomic E-state index is 0.213. The van der Waals surface area contributed by atoms with Gasteiger partial charge < -0.3 is 14.6 Å². The van der Waals surface area contributed by atoms with Crippen LogP contribution in [0.4, 0.5) is 0 Å². The molecule has 0 atom stereocenters. The van der Waals surface area contributed by atoms with E-state index in [0.29, 0.717) is 25.2 Å². The van der Waals surface area contributed by atoms with Crippen LogP contribution >= 0.6 is 0 Å². The van der Waals surface area contributed by atoms with Gasteiger partial charge in [0.2, 0.25) is 0 Å². The maximum absolute atomic E-state index is 12.7. The number of rotatable bonds is 2. The second-order valence-corrected chi connectivity index (χ2v) is 5.57. The first-order valence-corrected chi connectivity index (χ1v) is 7.28. The summed E-state index contributed by atoms with van der Waals surface area (Å²) >= 11 is 0. The molecule has 3 rings (SSSR count). The number of pyridine rings is 1. The summed E-state index contributed by atoms with van der Waals surface area (Å²) in [5, 5.41) is 9.09. The van der Waals surface area contributed by atoms with Crippen molar-refractivity contribution in [2.24, 2.45) is 7.05 Å². The van der Waals surface area contributed by atoms with E-state index in [0.717, 1.165) is 11.1 Å². The van der Waals surface area contributed by atoms with Gasteiger partial charge in [-0.15, -0.1) is 0 Å². The minimum atomic E-state index is -0.985. The van der Waals surface area contributed by atoms with Crippen LogP contribution in [-0.4, -0.2) is 33.0 Å². The molecule has 6 nitrogen and oxygen atoms in total. The summed E-state index contributed by atoms with van der Waals surface area (Å²) in [5.41, 5.74) is 2.20. The van der Waals surface area contributed by atoms with Crippen molar-refractivity contribution in [2.75, 3.05) is 6.54 Å². The topological polar surface area (TPSA) is 79.6 Å². The van der Waals surface area contributed by atoms with Gasteiger partial charge in [0, 0.05) is 26.2 Å². The Balaban J connectivity index is 1.90. The molecular formula is C17H16N2O4. The number of aromatic carboxylic acids is 1. The van der Waals surface area contributed by atoms with Crippen LogP contribution < -0.4 is 5.56 Å². The fourth-order valence-electron chi connectivity index (χ4n) is 2.80. The molecule has 0 spiro atoms. The van der Waals surface area contributed by atoms with Gasteiger partial charge in [-0.25, -0.2) is 4.79 Å². The van der Waals surface area contributed by atoms with E-state index in [1.54, 1.807) is 42.3 Å². The lowest BCUT2D eigenvalue weighted by molar-refractivity contribution is 0.0696. The summed E-state index contributed by atoms with van der Waals surface area (Å²) in [6.07, 6.45) is 0.668. The summed E-state index contributed by atoms with van der Waals surface area (Å²) in [6, 6.07) is 9.59. The number of carboxylic acids is 1. The van der Waals surface area contributed by atoms with E-state index >= 15 is 0 Å². The zero-order valence-corrected chi connectivity index (χ0v) is 12.7. The van der Waals surface area contributed by atoms with Crippen LogP contribution in [-0.2, 0) is 20.0 Å². The highest BCUT2D eigenvalue weighted by Gasteiger charge is 2.24. The zero-order valence-electron chi connectivity index (χ0n) is 12.7. The predicted molar refractivity (Wildman–Crippen MR) is 83.5 cm³/mol. The quantitative estimate of drug-likeness (QED) is 0.906. The highest BCUT2D eigenvalue weighted by atomic mass is 16.4. The Labute approximate surface area is 132 Å². The van der Waals surface area contributed by atoms with Crippen LogP contribution in [0.1, 0.15) is 32.0 Å². The monoisotopic (exact) mass is 312 g/mol. The molecule has 0 bridgehead atoms. The molecular weight excluding hydrogens is 296 g/mol. The van der Waals surface area contributed by atoms with Gasteiger partial charge >= 0.3 is 5.97 Å². The highest BCUT2D eigenvalue weighted by Crippen LogP contribution is 2.21. The number of nitrogens with zero attached hydrogens (tertiary/aromatic N) is 2. The van der Waals surface area contributed by atoms with Crippen LogP contribution in [0.2, 0.25) is 0 Å². The Morgan fingerprint density at radius 1 is 1.13 bits per heavy atom. The number of carbonyl (C=O) groups excluding carboxylic acids is 1. The van der Waals surface area contributed by atoms with Crippen molar-refractivity contribution < 1.29 is 14.7 Å². The van der Waals surface area contributed by atoms with Crippen LogP contribution in [0.15, 0.2) is 41.2 Å². The van der Waals surface area contributed by atoms with Crippen molar-refractivity contribution in [1.29, 1.82) is 0 Å². The second kappa shape index (κ2) is 5.72. The molecule has 0 fully saturated rings. The van der Waals surface area contributed by atoms with Crippen LogP contribution in [0.5, 0.6) is 0 Å². The molecule has 1 amide bonds. The number of carbonyl (C=O) groups is 2. The van der Waals surface area contributed by atoms with Crippen LogP contribution in [0, 0.1) is 0 Å². The van der Waals surface area contributed by atoms with Gasteiger partial charge in [0.1, 0.15) is 5.69 Å². The fourth-order valence-corrected chi connectivity index (χ4v) is 2.80. The Bertz CT molecular complexity index is 854. The van der Waals surface area contributed by atoms with Crippen molar-refractivity contribution in [3.05, 3.63) is 69.1 Å². The van der Waals surface area contributed by atoms with Gasteiger partial charge in [0.15, 0.2) is 0 Å². The van der Waals surface area contributed by atoms with Crippen molar-refractivity contribution in [3.63, 3.8) is 0 Å². The molecule has 1 aliphatic rings. The lowest BCUT2D eigenvalue weighted by atomic mass is 9.97. The predicted octanol–water partition coefficient (Wildman–Crippen LogP) is 1.28. The lowest BCUT2D eigenvalue weighted by Gasteiger charge is -2.29. The van der Waals surface area contributed by atoms with E-state index < -0.39 is 5.97 Å². The van der Waals surface area contributed by atoms with Gasteiger partial charge in [-0.3, -0.25) is 9.59 Å². The average Bonchev–Trinajstić information content (AvgIpc) is 2.55. The molecule has 1 aliphatic heterocycles. The summed E-state index contributed by atoms with van der Waals surface area (Å²) in [7, 11) is 1.57. The molecule has 0 aliphatic carbocycles. The van der Waals surface area contributed by atoms with E-state index in [4.69, 9.17) is 5.11 Å². The second-order valence-electron chi connectivity index (χ2n) is 5.57. The van der Waals surface area contributed by atoms with E-state index in [1.165, 1.54) is 10.6 Å². The molecule has 1 aromatic carbocycles. The molecule has 0 unspecified atom stereocenters. The smallest absolute Gasteiger partial charge is 0.335 e. The number of benzene rings is 1. The third-order valence-electron chi connectivity index (χ3n) is 4.16. The van der Waals surface area contributed by atoms with Crippen molar-refractivity contribution in [1.82, 2.24) is 9.47 Å². The first-order valence-electron chi connectivity index (χ1n) is 7.28. The summed E-state index contributed by atoms with van der Waals surface area (Å²) in [5.74, 6) is -1.21. The third-order valence-corrected chi connectivity index (χ3v) is 4.16. The molecule has 6 heteroatoms. The molecule has 2 aromatic rings. The number of fused-ring (bicyclic) bond motifs is 1. The van der Waals surface area contributed by atoms with Gasteiger partial charge in [0.25, 0.3) is 11.5 Å². The van der Waals surface area contributed by atoms with Gasteiger partial charge in [-0.1, -0.05) is 12.1 Å². The summed E-state index contributed by atoms with van der Waals surface area (Å²) < 4.78 is 1.32. The molecule has 0 saturated heterocycles. The summed E-state index contributed by atoms with van der Waals surface area (Å²) in [6.45, 7) is 0.889. The number of hydrogen-bond donors (Lipinski definition) is 1. The van der Waals surface area contributed by atoms with Gasteiger partial charge in [0.05, 0.1) is 5.56 Å². The number of hydrogen-bond acceptors (Lipinski definition) is 3. The summed E-state index contributed by atoms with van der Waals surface area (Å²) in [4.78, 5) is 37.1. The van der Waals surface area contributed by atoms with Crippen molar-refractivity contribution in [2.45, 2.75) is 13.0 Å². The fraction of sp³-hybridized carbons (Fsp3) is 0.235. The van der Waals surface area contributed by atoms with Crippen LogP contribution in [0.25, 0.3) is 0 Å². The number of carboxylic acid groups (broad SMARTS) is 1. The minimum Gasteiger partial charge on any atom is -0.478 e. The molecule has 23 heavy (non-hydrogen) atoms. The zero-order chi connectivity index (χ0) is 16.6. The standard InChI is InChI=1S/C17H16N2O4/c1-18-14(3-2-4-15(18)20)16(21)19-8-7-11-5-6-12(17(22)23)9-13(11)10-19/h2-6,9H,7-8,10H2,1H3,(H,22,23). The van der Waals surface area contributed by atoms with E-state index in [9.17, 15) is 14.4 Å². The Hall–Kier alpha value is -2.89. The Morgan fingerprint density at radius 3 is 2.65 bits per heavy atom. The largest absolute Gasteiger partial charge is 0.478 e. The first-order chi connectivity index (χ1) is 11.0. The van der Waals surface area contributed by atoms with E-state index in [2.05, 4.69) is 0 Å². The van der Waals surface area contributed by atoms with Crippen LogP contribution in [0.3, 0.4) is 0 Å². The first kappa shape index (κ1) is 15.0. The molecule has 0 saturated carbocycles. The molecule has 2 heterocycles. The third kappa shape index (κ3) is 2.75. The highest BCUT2D eigenvalue weighted by molar-refractivity contribution is 5.93. The van der Waals surface area contributed by atoms with E-state index in [-0.39, 0.29) is 17.0 Å². The maximum atomic E-state index is 12.7. The Kier molecular flexibility index (Phi) is 3.73. The Morgan fingerprint density at radius 2 is 1.91 bits per heavy atom. The normalized spacial score (nSPS) is 13.5. The van der Waals surface area contributed by atoms with E-state index in [1.807, 2.05) is 0 Å². The van der Waals surface area contributed by atoms with Crippen molar-refractivity contribution >= 4 is 11.9 Å². The SMILES string of the molecule is Cn1c(C(=O)N2CCc3ccc(C(=O)O)cc3C2)cccc1=O.